The summed E-state index contributed by atoms with van der Waals surface area (Å²) in [4.78, 5) is 2.91. The average molecular weight is 289 g/mol. The predicted molar refractivity (Wildman–Crippen MR) is 82.5 cm³/mol. The molecule has 0 N–H and O–H groups in total. The van der Waals surface area contributed by atoms with Crippen LogP contribution in [0.2, 0.25) is 0 Å². The molecule has 98 valence electrons. The number of rotatable bonds is 2. The fourth-order valence-corrected chi connectivity index (χ4v) is 4.99. The Morgan fingerprint density at radius 2 is 1.68 bits per heavy atom. The van der Waals surface area contributed by atoms with Crippen LogP contribution in [0.1, 0.15) is 50.2 Å². The van der Waals surface area contributed by atoms with Crippen LogP contribution in [-0.4, -0.2) is 0 Å². The van der Waals surface area contributed by atoms with Crippen LogP contribution in [-0.2, 0) is 25.7 Å². The topological polar surface area (TPSA) is 0 Å². The Bertz CT molecular complexity index is 605. The highest BCUT2D eigenvalue weighted by Gasteiger charge is 2.21. The van der Waals surface area contributed by atoms with E-state index in [0.29, 0.717) is 0 Å². The molecule has 0 saturated heterocycles. The zero-order valence-corrected chi connectivity index (χ0v) is 12.5. The van der Waals surface area contributed by atoms with Crippen molar-refractivity contribution >= 4 is 22.9 Å². The summed E-state index contributed by atoms with van der Waals surface area (Å²) in [6.45, 7) is 0. The van der Waals surface area contributed by atoms with E-state index in [0.717, 1.165) is 0 Å². The second-order valence-corrected chi connectivity index (χ2v) is 7.30. The van der Waals surface area contributed by atoms with Gasteiger partial charge >= 0.3 is 0 Å². The number of aryl methyl sites for hydroxylation is 4. The maximum Gasteiger partial charge on any atom is 0.0928 e. The second kappa shape index (κ2) is 4.64. The third kappa shape index (κ3) is 2.04. The summed E-state index contributed by atoms with van der Waals surface area (Å²) in [6, 6.07) is 9.20. The molecule has 1 heterocycles. The number of halogens is 1. The van der Waals surface area contributed by atoms with Crippen LogP contribution >= 0.6 is 22.9 Å². The highest BCUT2D eigenvalue weighted by atomic mass is 35.5. The lowest BCUT2D eigenvalue weighted by Gasteiger charge is -2.10. The molecule has 0 bridgehead atoms. The van der Waals surface area contributed by atoms with E-state index in [-0.39, 0.29) is 5.38 Å². The van der Waals surface area contributed by atoms with E-state index in [4.69, 9.17) is 11.6 Å². The van der Waals surface area contributed by atoms with E-state index in [1.165, 1.54) is 60.1 Å². The van der Waals surface area contributed by atoms with Gasteiger partial charge < -0.3 is 0 Å². The van der Waals surface area contributed by atoms with E-state index in [1.807, 2.05) is 11.3 Å². The van der Waals surface area contributed by atoms with Crippen LogP contribution < -0.4 is 0 Å². The highest BCUT2D eigenvalue weighted by Crippen LogP contribution is 2.40. The first kappa shape index (κ1) is 12.0. The first-order valence-corrected chi connectivity index (χ1v) is 8.44. The molecule has 1 unspecified atom stereocenters. The summed E-state index contributed by atoms with van der Waals surface area (Å²) in [5, 5.41) is 0.0431. The molecule has 2 aliphatic rings. The van der Waals surface area contributed by atoms with Crippen molar-refractivity contribution in [3.8, 4) is 0 Å². The molecule has 0 saturated carbocycles. The molecular weight excluding hydrogens is 272 g/mol. The van der Waals surface area contributed by atoms with Gasteiger partial charge in [0.15, 0.2) is 0 Å². The molecule has 19 heavy (non-hydrogen) atoms. The maximum absolute atomic E-state index is 6.71. The summed E-state index contributed by atoms with van der Waals surface area (Å²) < 4.78 is 0. The van der Waals surface area contributed by atoms with Crippen molar-refractivity contribution in [2.75, 3.05) is 0 Å². The van der Waals surface area contributed by atoms with E-state index in [1.54, 1.807) is 10.4 Å². The molecule has 0 amide bonds. The zero-order valence-electron chi connectivity index (χ0n) is 10.9. The van der Waals surface area contributed by atoms with Gasteiger partial charge in [-0.25, -0.2) is 0 Å². The van der Waals surface area contributed by atoms with Gasteiger partial charge in [-0.3, -0.25) is 0 Å². The lowest BCUT2D eigenvalue weighted by atomic mass is 10.0. The molecule has 0 nitrogen and oxygen atoms in total. The average Bonchev–Trinajstić information content (AvgIpc) is 3.11. The Hall–Kier alpha value is -0.790. The fourth-order valence-electron chi connectivity index (χ4n) is 3.39. The maximum atomic E-state index is 6.71. The minimum absolute atomic E-state index is 0.0431. The van der Waals surface area contributed by atoms with Crippen molar-refractivity contribution in [1.29, 1.82) is 0 Å². The third-order valence-electron chi connectivity index (χ3n) is 4.43. The molecule has 0 aliphatic heterocycles. The highest BCUT2D eigenvalue weighted by molar-refractivity contribution is 7.12. The number of thiophene rings is 1. The van der Waals surface area contributed by atoms with Gasteiger partial charge in [-0.15, -0.1) is 22.9 Å². The second-order valence-electron chi connectivity index (χ2n) is 5.69. The van der Waals surface area contributed by atoms with Gasteiger partial charge in [0.1, 0.15) is 0 Å². The van der Waals surface area contributed by atoms with E-state index < -0.39 is 0 Å². The van der Waals surface area contributed by atoms with Crippen LogP contribution in [0, 0.1) is 0 Å². The predicted octanol–water partition coefficient (Wildman–Crippen LogP) is 5.05. The van der Waals surface area contributed by atoms with Gasteiger partial charge in [-0.1, -0.05) is 18.2 Å². The molecule has 2 heteroatoms. The van der Waals surface area contributed by atoms with Crippen molar-refractivity contribution in [2.24, 2.45) is 0 Å². The van der Waals surface area contributed by atoms with E-state index in [2.05, 4.69) is 24.3 Å². The number of alkyl halides is 1. The van der Waals surface area contributed by atoms with Crippen LogP contribution in [0.5, 0.6) is 0 Å². The Labute approximate surface area is 123 Å². The summed E-state index contributed by atoms with van der Waals surface area (Å²) in [5.41, 5.74) is 5.88. The first-order valence-electron chi connectivity index (χ1n) is 7.18. The molecule has 2 aliphatic carbocycles. The lowest BCUT2D eigenvalue weighted by molar-refractivity contribution is 0.911. The van der Waals surface area contributed by atoms with Crippen molar-refractivity contribution in [3.05, 3.63) is 56.3 Å². The summed E-state index contributed by atoms with van der Waals surface area (Å²) in [7, 11) is 0. The molecule has 2 aromatic rings. The molecule has 4 rings (SSSR count). The van der Waals surface area contributed by atoms with Gasteiger partial charge in [0.25, 0.3) is 0 Å². The van der Waals surface area contributed by atoms with Gasteiger partial charge in [-0.05, 0) is 66.8 Å². The standard InChI is InChI=1S/C17H17ClS/c18-17(16-10-13-5-2-6-15(13)19-16)14-8-7-11-3-1-4-12(11)9-14/h7-10,17H,1-6H2. The Morgan fingerprint density at radius 1 is 0.895 bits per heavy atom. The molecule has 0 spiro atoms. The Morgan fingerprint density at radius 3 is 2.58 bits per heavy atom. The first-order chi connectivity index (χ1) is 9.31. The van der Waals surface area contributed by atoms with Crippen molar-refractivity contribution in [2.45, 2.75) is 43.9 Å². The molecule has 1 aromatic carbocycles. The van der Waals surface area contributed by atoms with Gasteiger partial charge in [0.05, 0.1) is 5.38 Å². The molecular formula is C17H17ClS. The zero-order chi connectivity index (χ0) is 12.8. The largest absolute Gasteiger partial charge is 0.143 e. The number of hydrogen-bond donors (Lipinski definition) is 0. The third-order valence-corrected chi connectivity index (χ3v) is 6.35. The van der Waals surface area contributed by atoms with Gasteiger partial charge in [0, 0.05) is 9.75 Å². The van der Waals surface area contributed by atoms with Crippen LogP contribution in [0.25, 0.3) is 0 Å². The van der Waals surface area contributed by atoms with Crippen LogP contribution in [0.4, 0.5) is 0 Å². The number of hydrogen-bond acceptors (Lipinski definition) is 1. The SMILES string of the molecule is ClC(c1ccc2c(c1)CCC2)c1cc2c(s1)CCC2. The molecule has 1 aromatic heterocycles. The molecule has 1 atom stereocenters. The molecule has 0 fully saturated rings. The summed E-state index contributed by atoms with van der Waals surface area (Å²) in [6.07, 6.45) is 7.61. The number of fused-ring (bicyclic) bond motifs is 2. The smallest absolute Gasteiger partial charge is 0.0928 e. The normalized spacial score (nSPS) is 18.4. The fraction of sp³-hybridized carbons (Fsp3) is 0.412. The van der Waals surface area contributed by atoms with Gasteiger partial charge in [-0.2, -0.15) is 0 Å². The lowest BCUT2D eigenvalue weighted by Crippen LogP contribution is -1.93. The summed E-state index contributed by atoms with van der Waals surface area (Å²) >= 11 is 8.64. The quantitative estimate of drug-likeness (QED) is 0.678. The van der Waals surface area contributed by atoms with Crippen LogP contribution in [0.15, 0.2) is 24.3 Å². The number of benzene rings is 1. The van der Waals surface area contributed by atoms with E-state index >= 15 is 0 Å². The Kier molecular flexibility index (Phi) is 2.93. The minimum atomic E-state index is 0.0431. The van der Waals surface area contributed by atoms with Gasteiger partial charge in [0.2, 0.25) is 0 Å². The monoisotopic (exact) mass is 288 g/mol. The van der Waals surface area contributed by atoms with Crippen molar-refractivity contribution in [3.63, 3.8) is 0 Å². The van der Waals surface area contributed by atoms with Crippen molar-refractivity contribution < 1.29 is 0 Å². The molecule has 0 radical (unpaired) electrons. The van der Waals surface area contributed by atoms with Crippen molar-refractivity contribution in [1.82, 2.24) is 0 Å². The minimum Gasteiger partial charge on any atom is -0.143 e. The van der Waals surface area contributed by atoms with Crippen LogP contribution in [0.3, 0.4) is 0 Å². The Balaban J connectivity index is 1.67. The summed E-state index contributed by atoms with van der Waals surface area (Å²) in [5.74, 6) is 0. The van der Waals surface area contributed by atoms with E-state index in [9.17, 15) is 0 Å².